The van der Waals surface area contributed by atoms with Gasteiger partial charge in [0.2, 0.25) is 0 Å². The number of sulfone groups is 1. The van der Waals surface area contributed by atoms with E-state index in [2.05, 4.69) is 0 Å². The van der Waals surface area contributed by atoms with Crippen LogP contribution in [0.3, 0.4) is 0 Å². The van der Waals surface area contributed by atoms with Crippen LogP contribution in [-0.2, 0) is 9.84 Å². The fourth-order valence-electron chi connectivity index (χ4n) is 2.19. The van der Waals surface area contributed by atoms with E-state index in [1.807, 2.05) is 6.92 Å². The Bertz CT molecular complexity index is 571. The van der Waals surface area contributed by atoms with E-state index in [0.29, 0.717) is 31.1 Å². The minimum Gasteiger partial charge on any atom is -0.490 e. The highest BCUT2D eigenvalue weighted by Crippen LogP contribution is 2.32. The molecular formula is C15H23NO4S. The molecule has 1 aliphatic rings. The lowest BCUT2D eigenvalue weighted by Gasteiger charge is -2.11. The molecule has 118 valence electrons. The minimum atomic E-state index is -3.30. The Kier molecular flexibility index (Phi) is 5.47. The number of ether oxygens (including phenoxy) is 2. The molecule has 5 nitrogen and oxygen atoms in total. The fourth-order valence-corrected chi connectivity index (χ4v) is 3.54. The van der Waals surface area contributed by atoms with Gasteiger partial charge < -0.3 is 15.2 Å². The van der Waals surface area contributed by atoms with E-state index >= 15 is 0 Å². The standard InChI is InChI=1S/C15H23NO4S/c1-2-12(16)5-3-10-21(17,18)13-6-7-14-15(11-13)20-9-4-8-19-14/h6-7,11-12H,2-5,8-10,16H2,1H3. The highest BCUT2D eigenvalue weighted by molar-refractivity contribution is 7.91. The molecule has 2 rings (SSSR count). The van der Waals surface area contributed by atoms with Gasteiger partial charge in [0.25, 0.3) is 0 Å². The molecule has 1 unspecified atom stereocenters. The molecule has 0 amide bonds. The largest absolute Gasteiger partial charge is 0.490 e. The molecule has 1 heterocycles. The third kappa shape index (κ3) is 4.35. The van der Waals surface area contributed by atoms with Gasteiger partial charge in [-0.05, 0) is 31.4 Å². The SMILES string of the molecule is CCC(N)CCCS(=O)(=O)c1ccc2c(c1)OCCCO2. The van der Waals surface area contributed by atoms with E-state index in [0.717, 1.165) is 19.3 Å². The highest BCUT2D eigenvalue weighted by Gasteiger charge is 2.19. The Balaban J connectivity index is 2.07. The quantitative estimate of drug-likeness (QED) is 0.870. The van der Waals surface area contributed by atoms with Crippen LogP contribution in [0.15, 0.2) is 23.1 Å². The van der Waals surface area contributed by atoms with E-state index < -0.39 is 9.84 Å². The maximum Gasteiger partial charge on any atom is 0.178 e. The van der Waals surface area contributed by atoms with E-state index in [1.54, 1.807) is 18.2 Å². The Hall–Kier alpha value is -1.27. The first-order valence-corrected chi connectivity index (χ1v) is 9.06. The van der Waals surface area contributed by atoms with E-state index in [1.165, 1.54) is 0 Å². The van der Waals surface area contributed by atoms with Gasteiger partial charge in [-0.15, -0.1) is 0 Å². The molecule has 0 saturated heterocycles. The Morgan fingerprint density at radius 1 is 1.24 bits per heavy atom. The van der Waals surface area contributed by atoms with Crippen LogP contribution in [0.1, 0.15) is 32.6 Å². The van der Waals surface area contributed by atoms with Crippen molar-refractivity contribution >= 4 is 9.84 Å². The van der Waals surface area contributed by atoms with Crippen molar-refractivity contribution in [1.29, 1.82) is 0 Å². The minimum absolute atomic E-state index is 0.0731. The topological polar surface area (TPSA) is 78.6 Å². The van der Waals surface area contributed by atoms with Crippen molar-refractivity contribution in [3.63, 3.8) is 0 Å². The van der Waals surface area contributed by atoms with Crippen molar-refractivity contribution in [2.45, 2.75) is 43.5 Å². The molecule has 21 heavy (non-hydrogen) atoms. The van der Waals surface area contributed by atoms with Gasteiger partial charge in [0, 0.05) is 18.5 Å². The maximum absolute atomic E-state index is 12.3. The number of fused-ring (bicyclic) bond motifs is 1. The Morgan fingerprint density at radius 3 is 2.67 bits per heavy atom. The molecule has 0 saturated carbocycles. The number of hydrogen-bond donors (Lipinski definition) is 1. The second kappa shape index (κ2) is 7.13. The zero-order valence-electron chi connectivity index (χ0n) is 12.4. The lowest BCUT2D eigenvalue weighted by atomic mass is 10.1. The van der Waals surface area contributed by atoms with Crippen molar-refractivity contribution in [3.05, 3.63) is 18.2 Å². The predicted octanol–water partition coefficient (Wildman–Crippen LogP) is 2.14. The summed E-state index contributed by atoms with van der Waals surface area (Å²) in [5, 5.41) is 0. The first-order valence-electron chi connectivity index (χ1n) is 7.41. The second-order valence-electron chi connectivity index (χ2n) is 5.29. The third-order valence-corrected chi connectivity index (χ3v) is 5.39. The molecule has 0 aromatic heterocycles. The van der Waals surface area contributed by atoms with Gasteiger partial charge in [0.05, 0.1) is 23.9 Å². The van der Waals surface area contributed by atoms with Crippen LogP contribution in [0.2, 0.25) is 0 Å². The number of nitrogens with two attached hydrogens (primary N) is 1. The number of benzene rings is 1. The maximum atomic E-state index is 12.3. The van der Waals surface area contributed by atoms with Crippen LogP contribution < -0.4 is 15.2 Å². The van der Waals surface area contributed by atoms with Gasteiger partial charge in [-0.2, -0.15) is 0 Å². The van der Waals surface area contributed by atoms with Crippen molar-refractivity contribution in [3.8, 4) is 11.5 Å². The molecule has 0 radical (unpaired) electrons. The van der Waals surface area contributed by atoms with Gasteiger partial charge >= 0.3 is 0 Å². The smallest absolute Gasteiger partial charge is 0.178 e. The van der Waals surface area contributed by atoms with E-state index in [4.69, 9.17) is 15.2 Å². The molecule has 1 atom stereocenters. The van der Waals surface area contributed by atoms with Gasteiger partial charge in [0.1, 0.15) is 0 Å². The monoisotopic (exact) mass is 313 g/mol. The first kappa shape index (κ1) is 16.1. The summed E-state index contributed by atoms with van der Waals surface area (Å²) in [5.41, 5.74) is 5.82. The van der Waals surface area contributed by atoms with Gasteiger partial charge in [-0.3, -0.25) is 0 Å². The van der Waals surface area contributed by atoms with E-state index in [9.17, 15) is 8.42 Å². The van der Waals surface area contributed by atoms with Crippen molar-refractivity contribution in [2.75, 3.05) is 19.0 Å². The average Bonchev–Trinajstić information content (AvgIpc) is 2.71. The Morgan fingerprint density at radius 2 is 1.95 bits per heavy atom. The molecule has 0 bridgehead atoms. The average molecular weight is 313 g/mol. The van der Waals surface area contributed by atoms with Crippen LogP contribution in [0.25, 0.3) is 0 Å². The molecule has 1 aromatic carbocycles. The van der Waals surface area contributed by atoms with Crippen LogP contribution in [0, 0.1) is 0 Å². The van der Waals surface area contributed by atoms with Crippen LogP contribution in [0.5, 0.6) is 11.5 Å². The summed E-state index contributed by atoms with van der Waals surface area (Å²) in [4.78, 5) is 0.289. The van der Waals surface area contributed by atoms with Gasteiger partial charge in [0.15, 0.2) is 21.3 Å². The Labute approximate surface area is 126 Å². The van der Waals surface area contributed by atoms with Crippen molar-refractivity contribution in [1.82, 2.24) is 0 Å². The predicted molar refractivity (Wildman–Crippen MR) is 81.6 cm³/mol. The van der Waals surface area contributed by atoms with Crippen molar-refractivity contribution in [2.24, 2.45) is 5.73 Å². The van der Waals surface area contributed by atoms with Gasteiger partial charge in [-0.25, -0.2) is 8.42 Å². The molecule has 0 aliphatic carbocycles. The summed E-state index contributed by atoms with van der Waals surface area (Å²) in [6.07, 6.45) is 2.96. The van der Waals surface area contributed by atoms with Crippen LogP contribution in [-0.4, -0.2) is 33.4 Å². The van der Waals surface area contributed by atoms with E-state index in [-0.39, 0.29) is 16.7 Å². The summed E-state index contributed by atoms with van der Waals surface area (Å²) in [6, 6.07) is 4.90. The summed E-state index contributed by atoms with van der Waals surface area (Å²) in [7, 11) is -3.30. The van der Waals surface area contributed by atoms with Crippen molar-refractivity contribution < 1.29 is 17.9 Å². The van der Waals surface area contributed by atoms with Crippen LogP contribution in [0.4, 0.5) is 0 Å². The number of rotatable bonds is 6. The summed E-state index contributed by atoms with van der Waals surface area (Å²) in [6.45, 7) is 3.14. The van der Waals surface area contributed by atoms with Gasteiger partial charge in [-0.1, -0.05) is 6.92 Å². The highest BCUT2D eigenvalue weighted by atomic mass is 32.2. The fraction of sp³-hybridized carbons (Fsp3) is 0.600. The molecule has 6 heteroatoms. The second-order valence-corrected chi connectivity index (χ2v) is 7.40. The molecule has 0 fully saturated rings. The van der Waals surface area contributed by atoms with Crippen LogP contribution >= 0.6 is 0 Å². The molecule has 0 spiro atoms. The normalized spacial score (nSPS) is 16.3. The first-order chi connectivity index (χ1) is 10.0. The summed E-state index contributed by atoms with van der Waals surface area (Å²) in [5.74, 6) is 1.23. The summed E-state index contributed by atoms with van der Waals surface area (Å²) >= 11 is 0. The zero-order chi connectivity index (χ0) is 15.3. The lowest BCUT2D eigenvalue weighted by Crippen LogP contribution is -2.19. The summed E-state index contributed by atoms with van der Waals surface area (Å²) < 4.78 is 35.7. The molecule has 2 N–H and O–H groups in total. The lowest BCUT2D eigenvalue weighted by molar-refractivity contribution is 0.297. The third-order valence-electron chi connectivity index (χ3n) is 3.59. The molecule has 1 aliphatic heterocycles. The molecular weight excluding hydrogens is 290 g/mol. The zero-order valence-corrected chi connectivity index (χ0v) is 13.2. The molecule has 1 aromatic rings. The number of hydrogen-bond acceptors (Lipinski definition) is 5.